The molecule has 3 nitrogen and oxygen atoms in total. The Bertz CT molecular complexity index is 465. The van der Waals surface area contributed by atoms with Crippen molar-refractivity contribution in [2.24, 2.45) is 0 Å². The highest BCUT2D eigenvalue weighted by Gasteiger charge is 2.11. The van der Waals surface area contributed by atoms with Gasteiger partial charge < -0.3 is 4.52 Å². The highest BCUT2D eigenvalue weighted by molar-refractivity contribution is 6.30. The van der Waals surface area contributed by atoms with Gasteiger partial charge in [-0.15, -0.1) is 11.6 Å². The van der Waals surface area contributed by atoms with Crippen LogP contribution in [0.15, 0.2) is 28.8 Å². The Labute approximate surface area is 103 Å². The monoisotopic (exact) mass is 256 g/mol. The van der Waals surface area contributed by atoms with Crippen molar-refractivity contribution in [3.63, 3.8) is 0 Å². The number of alkyl halides is 1. The Morgan fingerprint density at radius 2 is 2.00 bits per heavy atom. The van der Waals surface area contributed by atoms with E-state index in [1.54, 1.807) is 6.92 Å². The number of rotatable bonds is 3. The number of aromatic nitrogens is 2. The van der Waals surface area contributed by atoms with Crippen molar-refractivity contribution in [1.29, 1.82) is 0 Å². The van der Waals surface area contributed by atoms with Gasteiger partial charge in [-0.3, -0.25) is 0 Å². The summed E-state index contributed by atoms with van der Waals surface area (Å²) in [6, 6.07) is 7.52. The molecule has 1 unspecified atom stereocenters. The summed E-state index contributed by atoms with van der Waals surface area (Å²) >= 11 is 11.6. The summed E-state index contributed by atoms with van der Waals surface area (Å²) in [4.78, 5) is 4.18. The molecule has 1 aromatic heterocycles. The zero-order chi connectivity index (χ0) is 11.5. The van der Waals surface area contributed by atoms with E-state index in [0.717, 1.165) is 5.56 Å². The molecule has 2 aromatic rings. The molecule has 1 aromatic carbocycles. The minimum Gasteiger partial charge on any atom is -0.339 e. The van der Waals surface area contributed by atoms with Gasteiger partial charge in [0.25, 0.3) is 0 Å². The summed E-state index contributed by atoms with van der Waals surface area (Å²) in [5, 5.41) is 4.26. The van der Waals surface area contributed by atoms with E-state index in [9.17, 15) is 0 Å². The van der Waals surface area contributed by atoms with Crippen LogP contribution in [0.5, 0.6) is 0 Å². The standard InChI is InChI=1S/C11H10Cl2N2O/c1-7(12)11-14-10(16-15-11)6-8-2-4-9(13)5-3-8/h2-5,7H,6H2,1H3. The van der Waals surface area contributed by atoms with Crippen molar-refractivity contribution in [2.75, 3.05) is 0 Å². The predicted octanol–water partition coefficient (Wildman–Crippen LogP) is 3.61. The number of nitrogens with zero attached hydrogens (tertiary/aromatic N) is 2. The second-order valence-corrected chi connectivity index (χ2v) is 4.56. The van der Waals surface area contributed by atoms with Crippen molar-refractivity contribution in [3.8, 4) is 0 Å². The molecular formula is C11H10Cl2N2O. The maximum absolute atomic E-state index is 5.84. The van der Waals surface area contributed by atoms with Crippen LogP contribution in [0.1, 0.15) is 29.6 Å². The smallest absolute Gasteiger partial charge is 0.231 e. The first-order valence-electron chi connectivity index (χ1n) is 4.86. The van der Waals surface area contributed by atoms with Crippen LogP contribution in [0.4, 0.5) is 0 Å². The van der Waals surface area contributed by atoms with Gasteiger partial charge in [0.05, 0.1) is 11.8 Å². The molecule has 1 heterocycles. The lowest BCUT2D eigenvalue weighted by atomic mass is 10.1. The number of benzene rings is 1. The molecule has 0 aliphatic rings. The van der Waals surface area contributed by atoms with Gasteiger partial charge in [0.15, 0.2) is 5.82 Å². The molecule has 0 spiro atoms. The minimum atomic E-state index is -0.234. The van der Waals surface area contributed by atoms with E-state index >= 15 is 0 Å². The van der Waals surface area contributed by atoms with Gasteiger partial charge >= 0.3 is 0 Å². The van der Waals surface area contributed by atoms with Crippen LogP contribution in [-0.4, -0.2) is 10.1 Å². The molecule has 0 aliphatic carbocycles. The molecule has 0 saturated carbocycles. The van der Waals surface area contributed by atoms with E-state index in [2.05, 4.69) is 10.1 Å². The summed E-state index contributed by atoms with van der Waals surface area (Å²) in [5.74, 6) is 1.08. The average Bonchev–Trinajstić information content (AvgIpc) is 2.70. The lowest BCUT2D eigenvalue weighted by Gasteiger charge is -1.96. The summed E-state index contributed by atoms with van der Waals surface area (Å²) in [6.07, 6.45) is 0.591. The molecule has 2 rings (SSSR count). The van der Waals surface area contributed by atoms with E-state index in [1.165, 1.54) is 0 Å². The van der Waals surface area contributed by atoms with E-state index < -0.39 is 0 Å². The summed E-state index contributed by atoms with van der Waals surface area (Å²) in [6.45, 7) is 1.80. The summed E-state index contributed by atoms with van der Waals surface area (Å²) in [5.41, 5.74) is 1.07. The summed E-state index contributed by atoms with van der Waals surface area (Å²) < 4.78 is 5.08. The number of hydrogen-bond donors (Lipinski definition) is 0. The van der Waals surface area contributed by atoms with Crippen molar-refractivity contribution in [3.05, 3.63) is 46.6 Å². The minimum absolute atomic E-state index is 0.234. The maximum Gasteiger partial charge on any atom is 0.231 e. The quantitative estimate of drug-likeness (QED) is 0.788. The van der Waals surface area contributed by atoms with Crippen LogP contribution in [0.25, 0.3) is 0 Å². The fourth-order valence-corrected chi connectivity index (χ4v) is 1.49. The van der Waals surface area contributed by atoms with Gasteiger partial charge in [0.2, 0.25) is 5.89 Å². The van der Waals surface area contributed by atoms with Gasteiger partial charge in [-0.1, -0.05) is 28.9 Å². The highest BCUT2D eigenvalue weighted by atomic mass is 35.5. The third kappa shape index (κ3) is 2.74. The molecule has 1 atom stereocenters. The van der Waals surface area contributed by atoms with Gasteiger partial charge in [-0.25, -0.2) is 0 Å². The molecule has 16 heavy (non-hydrogen) atoms. The molecule has 0 bridgehead atoms. The highest BCUT2D eigenvalue weighted by Crippen LogP contribution is 2.17. The Balaban J connectivity index is 2.11. The molecule has 0 radical (unpaired) electrons. The fraction of sp³-hybridized carbons (Fsp3) is 0.273. The van der Waals surface area contributed by atoms with Crippen LogP contribution in [0.2, 0.25) is 5.02 Å². The Morgan fingerprint density at radius 1 is 1.31 bits per heavy atom. The molecular weight excluding hydrogens is 247 g/mol. The van der Waals surface area contributed by atoms with E-state index in [0.29, 0.717) is 23.2 Å². The SMILES string of the molecule is CC(Cl)c1noc(Cc2ccc(Cl)cc2)n1. The Kier molecular flexibility index (Phi) is 3.46. The molecule has 5 heteroatoms. The second kappa shape index (κ2) is 4.85. The molecule has 0 saturated heterocycles. The Morgan fingerprint density at radius 3 is 2.56 bits per heavy atom. The normalized spacial score (nSPS) is 12.7. The van der Waals surface area contributed by atoms with Crippen LogP contribution in [-0.2, 0) is 6.42 Å². The number of hydrogen-bond acceptors (Lipinski definition) is 3. The molecule has 0 amide bonds. The van der Waals surface area contributed by atoms with Crippen molar-refractivity contribution >= 4 is 23.2 Å². The molecule has 84 valence electrons. The molecule has 0 N–H and O–H groups in total. The first-order valence-corrected chi connectivity index (χ1v) is 5.67. The topological polar surface area (TPSA) is 38.9 Å². The zero-order valence-electron chi connectivity index (χ0n) is 8.65. The van der Waals surface area contributed by atoms with Gasteiger partial charge in [-0.2, -0.15) is 4.98 Å². The first kappa shape index (κ1) is 11.4. The van der Waals surface area contributed by atoms with Gasteiger partial charge in [0.1, 0.15) is 0 Å². The maximum atomic E-state index is 5.84. The second-order valence-electron chi connectivity index (χ2n) is 3.47. The van der Waals surface area contributed by atoms with Crippen molar-refractivity contribution < 1.29 is 4.52 Å². The first-order chi connectivity index (χ1) is 7.65. The fourth-order valence-electron chi connectivity index (χ4n) is 1.28. The largest absolute Gasteiger partial charge is 0.339 e. The van der Waals surface area contributed by atoms with Crippen LogP contribution in [0, 0.1) is 0 Å². The van der Waals surface area contributed by atoms with E-state index in [-0.39, 0.29) is 5.38 Å². The van der Waals surface area contributed by atoms with Gasteiger partial charge in [-0.05, 0) is 24.6 Å². The average molecular weight is 257 g/mol. The molecule has 0 fully saturated rings. The van der Waals surface area contributed by atoms with Crippen molar-refractivity contribution in [2.45, 2.75) is 18.7 Å². The van der Waals surface area contributed by atoms with E-state index in [4.69, 9.17) is 27.7 Å². The zero-order valence-corrected chi connectivity index (χ0v) is 10.2. The van der Waals surface area contributed by atoms with Gasteiger partial charge in [0, 0.05) is 5.02 Å². The third-order valence-electron chi connectivity index (χ3n) is 2.11. The summed E-state index contributed by atoms with van der Waals surface area (Å²) in [7, 11) is 0. The van der Waals surface area contributed by atoms with Crippen LogP contribution in [0.3, 0.4) is 0 Å². The lowest BCUT2D eigenvalue weighted by Crippen LogP contribution is -1.90. The van der Waals surface area contributed by atoms with Crippen LogP contribution < -0.4 is 0 Å². The number of halogens is 2. The predicted molar refractivity (Wildman–Crippen MR) is 62.8 cm³/mol. The lowest BCUT2D eigenvalue weighted by molar-refractivity contribution is 0.379. The van der Waals surface area contributed by atoms with E-state index in [1.807, 2.05) is 24.3 Å². The third-order valence-corrected chi connectivity index (χ3v) is 2.56. The Hall–Kier alpha value is -1.06. The molecule has 0 aliphatic heterocycles. The van der Waals surface area contributed by atoms with Crippen LogP contribution >= 0.6 is 23.2 Å². The van der Waals surface area contributed by atoms with Crippen molar-refractivity contribution in [1.82, 2.24) is 10.1 Å².